The van der Waals surface area contributed by atoms with Crippen LogP contribution in [0.4, 0.5) is 11.6 Å². The highest BCUT2D eigenvalue weighted by Gasteiger charge is 2.16. The van der Waals surface area contributed by atoms with Crippen LogP contribution in [0.3, 0.4) is 0 Å². The summed E-state index contributed by atoms with van der Waals surface area (Å²) < 4.78 is 5.05. The predicted octanol–water partition coefficient (Wildman–Crippen LogP) is 1.38. The van der Waals surface area contributed by atoms with Gasteiger partial charge in [0.05, 0.1) is 23.2 Å². The minimum absolute atomic E-state index is 0.126. The third-order valence-electron chi connectivity index (χ3n) is 2.41. The zero-order valence-electron chi connectivity index (χ0n) is 10.5. The van der Waals surface area contributed by atoms with E-state index < -0.39 is 4.92 Å². The summed E-state index contributed by atoms with van der Waals surface area (Å²) in [6, 6.07) is 4.54. The van der Waals surface area contributed by atoms with Crippen molar-refractivity contribution in [3.63, 3.8) is 0 Å². The van der Waals surface area contributed by atoms with Gasteiger partial charge in [-0.05, 0) is 6.07 Å². The summed E-state index contributed by atoms with van der Waals surface area (Å²) in [5.74, 6) is 5.87. The maximum absolute atomic E-state index is 10.9. The Morgan fingerprint density at radius 2 is 2.00 bits per heavy atom. The summed E-state index contributed by atoms with van der Waals surface area (Å²) in [5.41, 5.74) is 6.20. The first kappa shape index (κ1) is 13.3. The molecule has 0 atom stereocenters. The highest BCUT2D eigenvalue weighted by Crippen LogP contribution is 2.29. The van der Waals surface area contributed by atoms with Gasteiger partial charge in [-0.3, -0.25) is 10.1 Å². The number of para-hydroxylation sites is 1. The Bertz CT molecular complexity index is 702. The van der Waals surface area contributed by atoms with Crippen molar-refractivity contribution in [1.29, 1.82) is 0 Å². The number of rotatable bonds is 2. The van der Waals surface area contributed by atoms with Crippen molar-refractivity contribution in [3.8, 4) is 17.6 Å². The lowest BCUT2D eigenvalue weighted by Gasteiger charge is -2.03. The first-order valence-electron chi connectivity index (χ1n) is 5.52. The molecule has 7 nitrogen and oxygen atoms in total. The maximum atomic E-state index is 10.9. The van der Waals surface area contributed by atoms with Crippen molar-refractivity contribution in [2.45, 2.75) is 0 Å². The van der Waals surface area contributed by atoms with E-state index in [0.717, 1.165) is 0 Å². The average molecular weight is 270 g/mol. The minimum atomic E-state index is -0.518. The molecular weight excluding hydrogens is 260 g/mol. The van der Waals surface area contributed by atoms with Gasteiger partial charge in [0.25, 0.3) is 0 Å². The second-order valence-electron chi connectivity index (χ2n) is 3.69. The molecule has 0 spiro atoms. The molecular formula is C13H10N4O3. The molecule has 0 radical (unpaired) electrons. The Kier molecular flexibility index (Phi) is 3.77. The van der Waals surface area contributed by atoms with Gasteiger partial charge in [0.2, 0.25) is 11.7 Å². The maximum Gasteiger partial charge on any atom is 0.312 e. The molecule has 0 fully saturated rings. The fourth-order valence-corrected chi connectivity index (χ4v) is 1.52. The van der Waals surface area contributed by atoms with Crippen LogP contribution in [-0.2, 0) is 0 Å². The van der Waals surface area contributed by atoms with Crippen LogP contribution in [0.25, 0.3) is 0 Å². The Morgan fingerprint density at radius 3 is 2.60 bits per heavy atom. The van der Waals surface area contributed by atoms with Gasteiger partial charge < -0.3 is 10.5 Å². The molecule has 1 heterocycles. The molecule has 20 heavy (non-hydrogen) atoms. The standard InChI is InChI=1S/C13H10N4O3/c1-20-12-10(3-2-4-11(12)17(18)19)6-5-9-7-15-13(14)16-8-9/h2-4,7-8H,1H3,(H2,14,15,16). The van der Waals surface area contributed by atoms with Crippen LogP contribution < -0.4 is 10.5 Å². The fraction of sp³-hybridized carbons (Fsp3) is 0.0769. The summed E-state index contributed by atoms with van der Waals surface area (Å²) >= 11 is 0. The van der Waals surface area contributed by atoms with Gasteiger partial charge in [-0.15, -0.1) is 0 Å². The van der Waals surface area contributed by atoms with E-state index in [-0.39, 0.29) is 17.4 Å². The number of anilines is 1. The highest BCUT2D eigenvalue weighted by molar-refractivity contribution is 5.59. The number of nitro groups is 1. The number of aromatic nitrogens is 2. The van der Waals surface area contributed by atoms with E-state index in [1.165, 1.54) is 25.6 Å². The summed E-state index contributed by atoms with van der Waals surface area (Å²) in [6.45, 7) is 0. The van der Waals surface area contributed by atoms with Crippen LogP contribution in [0.15, 0.2) is 30.6 Å². The quantitative estimate of drug-likeness (QED) is 0.502. The second kappa shape index (κ2) is 5.67. The van der Waals surface area contributed by atoms with Crippen molar-refractivity contribution in [2.75, 3.05) is 12.8 Å². The third-order valence-corrected chi connectivity index (χ3v) is 2.41. The molecule has 7 heteroatoms. The number of nitrogen functional groups attached to an aromatic ring is 1. The topological polar surface area (TPSA) is 104 Å². The van der Waals surface area contributed by atoms with Crippen LogP contribution >= 0.6 is 0 Å². The zero-order valence-corrected chi connectivity index (χ0v) is 10.5. The normalized spacial score (nSPS) is 9.45. The summed E-state index contributed by atoms with van der Waals surface area (Å²) in [7, 11) is 1.36. The SMILES string of the molecule is COc1c(C#Cc2cnc(N)nc2)cccc1[N+](=O)[O-]. The van der Waals surface area contributed by atoms with Crippen LogP contribution in [0, 0.1) is 22.0 Å². The number of benzene rings is 1. The van der Waals surface area contributed by atoms with E-state index in [1.54, 1.807) is 12.1 Å². The van der Waals surface area contributed by atoms with Gasteiger partial charge in [-0.25, -0.2) is 9.97 Å². The van der Waals surface area contributed by atoms with E-state index in [0.29, 0.717) is 11.1 Å². The van der Waals surface area contributed by atoms with Crippen LogP contribution in [0.2, 0.25) is 0 Å². The second-order valence-corrected chi connectivity index (χ2v) is 3.69. The molecule has 0 saturated heterocycles. The van der Waals surface area contributed by atoms with Crippen LogP contribution in [0.1, 0.15) is 11.1 Å². The molecule has 0 saturated carbocycles. The van der Waals surface area contributed by atoms with Gasteiger partial charge in [0, 0.05) is 18.5 Å². The predicted molar refractivity (Wildman–Crippen MR) is 72.1 cm³/mol. The zero-order chi connectivity index (χ0) is 14.5. The van der Waals surface area contributed by atoms with Crippen molar-refractivity contribution in [1.82, 2.24) is 9.97 Å². The van der Waals surface area contributed by atoms with Crippen molar-refractivity contribution < 1.29 is 9.66 Å². The molecule has 2 aromatic rings. The lowest BCUT2D eigenvalue weighted by Crippen LogP contribution is -1.96. The average Bonchev–Trinajstić information content (AvgIpc) is 2.46. The number of methoxy groups -OCH3 is 1. The Morgan fingerprint density at radius 1 is 1.30 bits per heavy atom. The molecule has 2 rings (SSSR count). The number of hydrogen-bond donors (Lipinski definition) is 1. The van der Waals surface area contributed by atoms with E-state index in [9.17, 15) is 10.1 Å². The molecule has 0 aliphatic heterocycles. The van der Waals surface area contributed by atoms with E-state index in [4.69, 9.17) is 10.5 Å². The van der Waals surface area contributed by atoms with Gasteiger partial charge in [-0.2, -0.15) is 0 Å². The highest BCUT2D eigenvalue weighted by atomic mass is 16.6. The lowest BCUT2D eigenvalue weighted by molar-refractivity contribution is -0.385. The third kappa shape index (κ3) is 2.81. The monoisotopic (exact) mass is 270 g/mol. The minimum Gasteiger partial charge on any atom is -0.489 e. The Labute approximate surface area is 114 Å². The molecule has 2 N–H and O–H groups in total. The first-order valence-corrected chi connectivity index (χ1v) is 5.52. The van der Waals surface area contributed by atoms with Gasteiger partial charge in [0.15, 0.2) is 0 Å². The van der Waals surface area contributed by atoms with Gasteiger partial charge in [-0.1, -0.05) is 17.9 Å². The fourth-order valence-electron chi connectivity index (χ4n) is 1.52. The molecule has 0 unspecified atom stereocenters. The summed E-state index contributed by atoms with van der Waals surface area (Å²) in [4.78, 5) is 18.0. The van der Waals surface area contributed by atoms with E-state index >= 15 is 0 Å². The molecule has 0 amide bonds. The van der Waals surface area contributed by atoms with E-state index in [2.05, 4.69) is 21.8 Å². The molecule has 1 aromatic heterocycles. The Hall–Kier alpha value is -3.14. The first-order chi connectivity index (χ1) is 9.61. The molecule has 0 aliphatic carbocycles. The number of nitro benzene ring substituents is 1. The van der Waals surface area contributed by atoms with Gasteiger partial charge >= 0.3 is 5.69 Å². The smallest absolute Gasteiger partial charge is 0.312 e. The van der Waals surface area contributed by atoms with Crippen molar-refractivity contribution in [3.05, 3.63) is 51.8 Å². The Balaban J connectivity index is 2.42. The summed E-state index contributed by atoms with van der Waals surface area (Å²) in [6.07, 6.45) is 2.94. The van der Waals surface area contributed by atoms with Crippen LogP contribution in [-0.4, -0.2) is 22.0 Å². The molecule has 0 aliphatic rings. The van der Waals surface area contributed by atoms with Crippen molar-refractivity contribution in [2.24, 2.45) is 0 Å². The van der Waals surface area contributed by atoms with E-state index in [1.807, 2.05) is 0 Å². The molecule has 1 aromatic carbocycles. The summed E-state index contributed by atoms with van der Waals surface area (Å²) in [5, 5.41) is 10.9. The van der Waals surface area contributed by atoms with Crippen LogP contribution in [0.5, 0.6) is 5.75 Å². The number of hydrogen-bond acceptors (Lipinski definition) is 6. The number of ether oxygens (including phenoxy) is 1. The largest absolute Gasteiger partial charge is 0.489 e. The van der Waals surface area contributed by atoms with Gasteiger partial charge in [0.1, 0.15) is 0 Å². The molecule has 0 bridgehead atoms. The lowest BCUT2D eigenvalue weighted by atomic mass is 10.1. The molecule has 100 valence electrons. The number of nitrogens with zero attached hydrogens (tertiary/aromatic N) is 3. The number of nitrogens with two attached hydrogens (primary N) is 1. The van der Waals surface area contributed by atoms with Crippen molar-refractivity contribution >= 4 is 11.6 Å².